The van der Waals surface area contributed by atoms with Crippen molar-refractivity contribution < 1.29 is 32.9 Å². The molecule has 0 heterocycles. The highest BCUT2D eigenvalue weighted by molar-refractivity contribution is 7.98. The number of alkyl halides is 3. The van der Waals surface area contributed by atoms with Gasteiger partial charge in [0.15, 0.2) is 0 Å². The maximum absolute atomic E-state index is 12.3. The Morgan fingerprint density at radius 3 is 2.42 bits per heavy atom. The number of hydrogen-bond acceptors (Lipinski definition) is 5. The van der Waals surface area contributed by atoms with E-state index < -0.39 is 23.5 Å². The van der Waals surface area contributed by atoms with Gasteiger partial charge in [0.25, 0.3) is 0 Å². The van der Waals surface area contributed by atoms with Crippen LogP contribution in [0.2, 0.25) is 0 Å². The van der Waals surface area contributed by atoms with Gasteiger partial charge in [-0.15, -0.1) is 0 Å². The highest BCUT2D eigenvalue weighted by atomic mass is 32.2. The second-order valence-corrected chi connectivity index (χ2v) is 13.5. The Morgan fingerprint density at radius 1 is 1.08 bits per heavy atom. The minimum atomic E-state index is -4.53. The van der Waals surface area contributed by atoms with Crippen LogP contribution in [-0.4, -0.2) is 40.6 Å². The number of aliphatic hydroxyl groups excluding tert-OH is 2. The van der Waals surface area contributed by atoms with Crippen molar-refractivity contribution in [3.05, 3.63) is 0 Å². The van der Waals surface area contributed by atoms with Crippen molar-refractivity contribution in [2.75, 3.05) is 6.61 Å². The zero-order valence-electron chi connectivity index (χ0n) is 22.0. The lowest BCUT2D eigenvalue weighted by molar-refractivity contribution is -0.203. The van der Waals surface area contributed by atoms with Gasteiger partial charge in [-0.05, 0) is 104 Å². The van der Waals surface area contributed by atoms with E-state index in [0.29, 0.717) is 30.1 Å². The molecule has 0 aromatic carbocycles. The third-order valence-electron chi connectivity index (χ3n) is 11.2. The van der Waals surface area contributed by atoms with Crippen LogP contribution in [0.1, 0.15) is 85.5 Å². The van der Waals surface area contributed by atoms with Gasteiger partial charge in [-0.1, -0.05) is 34.1 Å². The van der Waals surface area contributed by atoms with E-state index in [1.807, 2.05) is 0 Å². The quantitative estimate of drug-likeness (QED) is 0.337. The summed E-state index contributed by atoms with van der Waals surface area (Å²) in [7, 11) is 0. The van der Waals surface area contributed by atoms with Crippen LogP contribution in [0, 0.1) is 52.3 Å². The van der Waals surface area contributed by atoms with Gasteiger partial charge in [0.05, 0.1) is 30.8 Å². The zero-order chi connectivity index (χ0) is 26.5. The SMILES string of the molecule is CC[C@H]1[C@@H](O)C2C3CC[C@H]([C@H](C)CCOC(=O)NSC(F)(F)F)[C@@]3(C)CCC2[C@@]2(C)CC[C@@H](O)C[C@@H]12. The van der Waals surface area contributed by atoms with Crippen LogP contribution in [0.25, 0.3) is 0 Å². The second kappa shape index (κ2) is 10.5. The van der Waals surface area contributed by atoms with Crippen LogP contribution in [0.15, 0.2) is 0 Å². The average Bonchev–Trinajstić information content (AvgIpc) is 3.16. The topological polar surface area (TPSA) is 78.8 Å². The summed E-state index contributed by atoms with van der Waals surface area (Å²) >= 11 is -0.602. The van der Waals surface area contributed by atoms with Crippen molar-refractivity contribution in [1.29, 1.82) is 0 Å². The summed E-state index contributed by atoms with van der Waals surface area (Å²) in [5, 5.41) is 22.2. The van der Waals surface area contributed by atoms with E-state index in [4.69, 9.17) is 4.74 Å². The van der Waals surface area contributed by atoms with E-state index in [-0.39, 0.29) is 47.4 Å². The number of ether oxygens (including phenoxy) is 1. The fourth-order valence-corrected chi connectivity index (χ4v) is 9.86. The molecule has 4 aliphatic carbocycles. The molecule has 0 aromatic heterocycles. The maximum atomic E-state index is 12.3. The Bertz CT molecular complexity index is 799. The molecule has 0 bridgehead atoms. The van der Waals surface area contributed by atoms with E-state index in [0.717, 1.165) is 51.4 Å². The smallest absolute Gasteiger partial charge is 0.449 e. The first-order valence-corrected chi connectivity index (χ1v) is 14.7. The molecule has 5 nitrogen and oxygen atoms in total. The van der Waals surface area contributed by atoms with Crippen molar-refractivity contribution >= 4 is 18.0 Å². The molecule has 36 heavy (non-hydrogen) atoms. The molecular formula is C27H44F3NO4S. The Morgan fingerprint density at radius 2 is 1.75 bits per heavy atom. The standard InChI is InChI=1S/C27H44F3NO4S/c1-5-17-21-14-16(32)8-11-26(21,4)20-9-12-25(3)18(6-7-19(25)22(20)23(17)33)15(2)10-13-35-24(34)31-36-27(28,29)30/h15-23,32-33H,5-14H2,1-4H3,(H,31,34)/t15-,16-,17-,18-,19?,20?,21+,22?,23-,25-,26-/m1/s1. The maximum Gasteiger partial charge on any atom is 0.461 e. The predicted octanol–water partition coefficient (Wildman–Crippen LogP) is 6.53. The van der Waals surface area contributed by atoms with E-state index >= 15 is 0 Å². The van der Waals surface area contributed by atoms with E-state index in [1.54, 1.807) is 4.72 Å². The lowest BCUT2D eigenvalue weighted by Crippen LogP contribution is -2.62. The van der Waals surface area contributed by atoms with Gasteiger partial charge in [0.2, 0.25) is 0 Å². The number of carbonyl (C=O) groups excluding carboxylic acids is 1. The molecule has 4 aliphatic rings. The Hall–Kier alpha value is -0.670. The molecule has 1 amide bonds. The molecule has 4 saturated carbocycles. The van der Waals surface area contributed by atoms with E-state index in [9.17, 15) is 28.2 Å². The fraction of sp³-hybridized carbons (Fsp3) is 0.963. The third kappa shape index (κ3) is 5.14. The molecule has 0 radical (unpaired) electrons. The Labute approximate surface area is 217 Å². The summed E-state index contributed by atoms with van der Waals surface area (Å²) in [6, 6.07) is 0. The number of rotatable bonds is 6. The molecule has 3 unspecified atom stereocenters. The number of nitrogens with one attached hydrogen (secondary N) is 1. The molecule has 4 fully saturated rings. The normalized spacial score (nSPS) is 45.2. The molecular weight excluding hydrogens is 491 g/mol. The summed E-state index contributed by atoms with van der Waals surface area (Å²) in [5.74, 6) is 2.53. The Balaban J connectivity index is 1.42. The third-order valence-corrected chi connectivity index (χ3v) is 11.7. The first-order chi connectivity index (χ1) is 16.8. The van der Waals surface area contributed by atoms with Gasteiger partial charge in [0, 0.05) is 0 Å². The van der Waals surface area contributed by atoms with Gasteiger partial charge in [0.1, 0.15) is 0 Å². The highest BCUT2D eigenvalue weighted by Crippen LogP contribution is 2.69. The number of amides is 1. The predicted molar refractivity (Wildman–Crippen MR) is 134 cm³/mol. The lowest BCUT2D eigenvalue weighted by Gasteiger charge is -2.64. The number of carbonyl (C=O) groups is 1. The summed E-state index contributed by atoms with van der Waals surface area (Å²) in [5.41, 5.74) is -4.26. The van der Waals surface area contributed by atoms with Gasteiger partial charge in [-0.25, -0.2) is 4.79 Å². The largest absolute Gasteiger partial charge is 0.461 e. The molecule has 0 spiro atoms. The van der Waals surface area contributed by atoms with Gasteiger partial charge in [-0.2, -0.15) is 13.2 Å². The van der Waals surface area contributed by atoms with Crippen LogP contribution < -0.4 is 4.72 Å². The molecule has 9 heteroatoms. The first-order valence-electron chi connectivity index (χ1n) is 13.9. The summed E-state index contributed by atoms with van der Waals surface area (Å²) in [6.45, 7) is 9.27. The minimum absolute atomic E-state index is 0.0946. The molecule has 0 saturated heterocycles. The van der Waals surface area contributed by atoms with Crippen molar-refractivity contribution in [3.63, 3.8) is 0 Å². The second-order valence-electron chi connectivity index (χ2n) is 12.7. The van der Waals surface area contributed by atoms with Crippen molar-refractivity contribution in [2.24, 2.45) is 52.3 Å². The van der Waals surface area contributed by atoms with Crippen LogP contribution in [0.5, 0.6) is 0 Å². The van der Waals surface area contributed by atoms with Crippen LogP contribution >= 0.6 is 11.9 Å². The lowest BCUT2D eigenvalue weighted by atomic mass is 9.41. The molecule has 3 N–H and O–H groups in total. The number of hydrogen-bond donors (Lipinski definition) is 3. The van der Waals surface area contributed by atoms with Crippen molar-refractivity contribution in [1.82, 2.24) is 4.72 Å². The first kappa shape index (κ1) is 28.3. The zero-order valence-corrected chi connectivity index (χ0v) is 22.8. The van der Waals surface area contributed by atoms with Gasteiger partial charge < -0.3 is 14.9 Å². The van der Waals surface area contributed by atoms with Gasteiger partial charge in [-0.3, -0.25) is 4.72 Å². The number of fused-ring (bicyclic) bond motifs is 5. The highest BCUT2D eigenvalue weighted by Gasteiger charge is 2.64. The van der Waals surface area contributed by atoms with Crippen molar-refractivity contribution in [3.8, 4) is 0 Å². The molecule has 11 atom stereocenters. The van der Waals surface area contributed by atoms with E-state index in [2.05, 4.69) is 27.7 Å². The fourth-order valence-electron chi connectivity index (χ4n) is 9.60. The molecule has 208 valence electrons. The summed E-state index contributed by atoms with van der Waals surface area (Å²) in [6.07, 6.45) is 7.01. The average molecular weight is 536 g/mol. The van der Waals surface area contributed by atoms with Crippen LogP contribution in [0.3, 0.4) is 0 Å². The summed E-state index contributed by atoms with van der Waals surface area (Å²) < 4.78 is 43.5. The van der Waals surface area contributed by atoms with Crippen LogP contribution in [0.4, 0.5) is 18.0 Å². The van der Waals surface area contributed by atoms with Gasteiger partial charge >= 0.3 is 11.6 Å². The van der Waals surface area contributed by atoms with E-state index in [1.165, 1.54) is 0 Å². The number of aliphatic hydroxyl groups is 2. The summed E-state index contributed by atoms with van der Waals surface area (Å²) in [4.78, 5) is 11.6. The minimum Gasteiger partial charge on any atom is -0.449 e. The van der Waals surface area contributed by atoms with Crippen LogP contribution in [-0.2, 0) is 4.74 Å². The monoisotopic (exact) mass is 535 g/mol. The Kier molecular flexibility index (Phi) is 8.25. The van der Waals surface area contributed by atoms with Crippen molar-refractivity contribution in [2.45, 2.75) is 103 Å². The molecule has 0 aromatic rings. The molecule has 4 rings (SSSR count). The number of halogens is 3. The molecule has 0 aliphatic heterocycles.